The quantitative estimate of drug-likeness (QED) is 0.339. The molecule has 0 radical (unpaired) electrons. The van der Waals surface area contributed by atoms with Crippen LogP contribution in [0.5, 0.6) is 34.5 Å². The van der Waals surface area contributed by atoms with Gasteiger partial charge in [0.05, 0.1) is 5.56 Å². The number of aliphatic hydroxyl groups excluding tert-OH is 1. The molecule has 9 heteroatoms. The highest BCUT2D eigenvalue weighted by atomic mass is 16.6. The fraction of sp³-hybridized carbons (Fsp3) is 0.188. The molecule has 1 aliphatic rings. The zero-order valence-corrected chi connectivity index (χ0v) is 12.6. The van der Waals surface area contributed by atoms with Crippen LogP contribution >= 0.6 is 0 Å². The summed E-state index contributed by atoms with van der Waals surface area (Å²) in [7, 11) is 0. The molecule has 0 spiro atoms. The molecule has 2 unspecified atom stereocenters. The number of ether oxygens (including phenoxy) is 2. The van der Waals surface area contributed by atoms with E-state index in [1.807, 2.05) is 0 Å². The Morgan fingerprint density at radius 2 is 1.64 bits per heavy atom. The van der Waals surface area contributed by atoms with E-state index in [-0.39, 0.29) is 34.8 Å². The van der Waals surface area contributed by atoms with Crippen LogP contribution in [0.15, 0.2) is 24.3 Å². The maximum absolute atomic E-state index is 12.1. The minimum absolute atomic E-state index is 0.0530. The highest BCUT2D eigenvalue weighted by molar-refractivity contribution is 5.91. The van der Waals surface area contributed by atoms with E-state index in [1.165, 1.54) is 6.07 Å². The molecule has 2 aromatic carbocycles. The van der Waals surface area contributed by atoms with Crippen LogP contribution in [-0.2, 0) is 11.2 Å². The molecule has 2 aromatic rings. The van der Waals surface area contributed by atoms with Crippen molar-refractivity contribution in [2.45, 2.75) is 18.8 Å². The van der Waals surface area contributed by atoms with Gasteiger partial charge in [0.1, 0.15) is 17.2 Å². The van der Waals surface area contributed by atoms with Crippen LogP contribution in [0.25, 0.3) is 0 Å². The summed E-state index contributed by atoms with van der Waals surface area (Å²) in [6.45, 7) is 0. The molecule has 1 aliphatic heterocycles. The van der Waals surface area contributed by atoms with E-state index < -0.39 is 35.6 Å². The molecule has 25 heavy (non-hydrogen) atoms. The Labute approximate surface area is 140 Å². The Morgan fingerprint density at radius 1 is 1.00 bits per heavy atom. The first-order chi connectivity index (χ1) is 11.8. The van der Waals surface area contributed by atoms with E-state index in [1.54, 1.807) is 0 Å². The molecule has 0 saturated heterocycles. The number of esters is 1. The van der Waals surface area contributed by atoms with Gasteiger partial charge in [-0.05, 0) is 12.1 Å². The van der Waals surface area contributed by atoms with Crippen molar-refractivity contribution >= 4 is 5.97 Å². The summed E-state index contributed by atoms with van der Waals surface area (Å²) in [6.07, 6.45) is -2.84. The zero-order valence-electron chi connectivity index (χ0n) is 12.6. The molecule has 0 amide bonds. The second-order valence-electron chi connectivity index (χ2n) is 5.46. The summed E-state index contributed by atoms with van der Waals surface area (Å²) in [6, 6.07) is 4.05. The molecule has 3 rings (SSSR count). The minimum atomic E-state index is -1.56. The van der Waals surface area contributed by atoms with Crippen LogP contribution in [0.1, 0.15) is 15.9 Å². The largest absolute Gasteiger partial charge is 0.508 e. The Balaban J connectivity index is 1.82. The third kappa shape index (κ3) is 3.04. The number of benzene rings is 2. The van der Waals surface area contributed by atoms with Crippen LogP contribution in [-0.4, -0.2) is 49.0 Å². The number of phenols is 5. The number of aliphatic hydroxyl groups is 1. The third-order valence-corrected chi connectivity index (χ3v) is 3.71. The molecule has 9 nitrogen and oxygen atoms in total. The van der Waals surface area contributed by atoms with Crippen LogP contribution in [0.2, 0.25) is 0 Å². The van der Waals surface area contributed by atoms with Gasteiger partial charge in [0.25, 0.3) is 0 Å². The van der Waals surface area contributed by atoms with E-state index in [9.17, 15) is 35.4 Å². The SMILES string of the molecule is O=C(OC1Cc2c(O)cc(O)cc2OC1O)c1cc(O)c(O)c(O)c1. The number of carbonyl (C=O) groups excluding carboxylic acids is 1. The average Bonchev–Trinajstić information content (AvgIpc) is 2.53. The number of rotatable bonds is 2. The summed E-state index contributed by atoms with van der Waals surface area (Å²) >= 11 is 0. The van der Waals surface area contributed by atoms with E-state index in [0.717, 1.165) is 18.2 Å². The normalized spacial score (nSPS) is 18.9. The zero-order chi connectivity index (χ0) is 18.3. The fourth-order valence-corrected chi connectivity index (χ4v) is 2.46. The standard InChI is InChI=1S/C16H14O9/c17-7-3-9(18)8-5-13(16(23)24-12(8)4-7)25-15(22)6-1-10(19)14(21)11(20)2-6/h1-4,13,16-21,23H,5H2. The molecule has 132 valence electrons. The van der Waals surface area contributed by atoms with Gasteiger partial charge >= 0.3 is 5.97 Å². The van der Waals surface area contributed by atoms with Gasteiger partial charge in [0.15, 0.2) is 23.4 Å². The molecule has 0 aromatic heterocycles. The van der Waals surface area contributed by atoms with Gasteiger partial charge in [0, 0.05) is 24.1 Å². The van der Waals surface area contributed by atoms with Crippen molar-refractivity contribution < 1.29 is 44.9 Å². The number of fused-ring (bicyclic) bond motifs is 1. The first-order valence-electron chi connectivity index (χ1n) is 7.11. The molecular weight excluding hydrogens is 336 g/mol. The number of carbonyl (C=O) groups is 1. The second kappa shape index (κ2) is 5.95. The van der Waals surface area contributed by atoms with Gasteiger partial charge in [0.2, 0.25) is 6.29 Å². The van der Waals surface area contributed by atoms with Gasteiger partial charge in [-0.3, -0.25) is 0 Å². The highest BCUT2D eigenvalue weighted by Crippen LogP contribution is 2.39. The van der Waals surface area contributed by atoms with E-state index >= 15 is 0 Å². The predicted molar refractivity (Wildman–Crippen MR) is 80.8 cm³/mol. The van der Waals surface area contributed by atoms with Gasteiger partial charge in [-0.2, -0.15) is 0 Å². The van der Waals surface area contributed by atoms with Crippen molar-refractivity contribution in [3.05, 3.63) is 35.4 Å². The van der Waals surface area contributed by atoms with Crippen LogP contribution < -0.4 is 4.74 Å². The smallest absolute Gasteiger partial charge is 0.338 e. The van der Waals surface area contributed by atoms with Crippen molar-refractivity contribution in [1.82, 2.24) is 0 Å². The van der Waals surface area contributed by atoms with Crippen molar-refractivity contribution in [1.29, 1.82) is 0 Å². The lowest BCUT2D eigenvalue weighted by Crippen LogP contribution is -2.40. The molecule has 6 N–H and O–H groups in total. The first-order valence-corrected chi connectivity index (χ1v) is 7.11. The average molecular weight is 350 g/mol. The highest BCUT2D eigenvalue weighted by Gasteiger charge is 2.34. The summed E-state index contributed by atoms with van der Waals surface area (Å²) in [4.78, 5) is 12.1. The number of phenolic OH excluding ortho intramolecular Hbond substituents is 5. The maximum atomic E-state index is 12.1. The van der Waals surface area contributed by atoms with Gasteiger partial charge < -0.3 is 40.1 Å². The van der Waals surface area contributed by atoms with Crippen LogP contribution in [0.3, 0.4) is 0 Å². The molecule has 2 atom stereocenters. The van der Waals surface area contributed by atoms with E-state index in [2.05, 4.69) is 0 Å². The lowest BCUT2D eigenvalue weighted by molar-refractivity contribution is -0.119. The monoisotopic (exact) mass is 350 g/mol. The summed E-state index contributed by atoms with van der Waals surface area (Å²) in [5, 5.41) is 57.3. The van der Waals surface area contributed by atoms with Crippen molar-refractivity contribution in [3.8, 4) is 34.5 Å². The predicted octanol–water partition coefficient (Wildman–Crippen LogP) is 0.693. The van der Waals surface area contributed by atoms with E-state index in [4.69, 9.17) is 9.47 Å². The van der Waals surface area contributed by atoms with Gasteiger partial charge in [-0.1, -0.05) is 0 Å². The van der Waals surface area contributed by atoms with Crippen molar-refractivity contribution in [2.75, 3.05) is 0 Å². The van der Waals surface area contributed by atoms with Crippen molar-refractivity contribution in [3.63, 3.8) is 0 Å². The molecule has 0 aliphatic carbocycles. The Bertz CT molecular complexity index is 823. The molecule has 0 saturated carbocycles. The second-order valence-corrected chi connectivity index (χ2v) is 5.46. The summed E-state index contributed by atoms with van der Waals surface area (Å²) in [5.41, 5.74) is -0.0296. The molecular formula is C16H14O9. The van der Waals surface area contributed by atoms with Gasteiger partial charge in [-0.15, -0.1) is 0 Å². The minimum Gasteiger partial charge on any atom is -0.508 e. The van der Waals surface area contributed by atoms with E-state index in [0.29, 0.717) is 0 Å². The number of hydrogen-bond acceptors (Lipinski definition) is 9. The molecule has 0 bridgehead atoms. The van der Waals surface area contributed by atoms with Crippen molar-refractivity contribution in [2.24, 2.45) is 0 Å². The molecule has 0 fully saturated rings. The Kier molecular flexibility index (Phi) is 3.93. The van der Waals surface area contributed by atoms with Crippen LogP contribution in [0.4, 0.5) is 0 Å². The topological polar surface area (TPSA) is 157 Å². The van der Waals surface area contributed by atoms with Gasteiger partial charge in [-0.25, -0.2) is 4.79 Å². The molecule has 1 heterocycles. The number of hydrogen-bond donors (Lipinski definition) is 6. The summed E-state index contributed by atoms with van der Waals surface area (Å²) in [5.74, 6) is -3.71. The number of aromatic hydroxyl groups is 5. The first kappa shape index (κ1) is 16.5. The Hall–Kier alpha value is -3.33. The third-order valence-electron chi connectivity index (χ3n) is 3.71. The lowest BCUT2D eigenvalue weighted by atomic mass is 10.0. The fourth-order valence-electron chi connectivity index (χ4n) is 2.46. The maximum Gasteiger partial charge on any atom is 0.338 e. The lowest BCUT2D eigenvalue weighted by Gasteiger charge is -2.30. The summed E-state index contributed by atoms with van der Waals surface area (Å²) < 4.78 is 10.2. The van der Waals surface area contributed by atoms with Crippen LogP contribution in [0, 0.1) is 0 Å². The Morgan fingerprint density at radius 3 is 2.28 bits per heavy atom.